The fourth-order valence-electron chi connectivity index (χ4n) is 1.64. The predicted octanol–water partition coefficient (Wildman–Crippen LogP) is 2.48. The summed E-state index contributed by atoms with van der Waals surface area (Å²) in [5, 5.41) is 0. The highest BCUT2D eigenvalue weighted by Gasteiger charge is 2.15. The summed E-state index contributed by atoms with van der Waals surface area (Å²) in [6.07, 6.45) is 1.56. The molecule has 0 aromatic carbocycles. The summed E-state index contributed by atoms with van der Waals surface area (Å²) in [5.74, 6) is -1.16. The first-order chi connectivity index (χ1) is 8.49. The highest BCUT2D eigenvalue weighted by molar-refractivity contribution is 5.47. The first kappa shape index (κ1) is 12.3. The highest BCUT2D eigenvalue weighted by Crippen LogP contribution is 2.22. The smallest absolute Gasteiger partial charge is 0.168 e. The van der Waals surface area contributed by atoms with Crippen molar-refractivity contribution in [3.8, 4) is 0 Å². The lowest BCUT2D eigenvalue weighted by Gasteiger charge is -2.18. The van der Waals surface area contributed by atoms with Crippen molar-refractivity contribution in [2.75, 3.05) is 17.7 Å². The van der Waals surface area contributed by atoms with E-state index in [2.05, 4.69) is 4.98 Å². The maximum absolute atomic E-state index is 13.6. The molecule has 0 saturated heterocycles. The van der Waals surface area contributed by atoms with Crippen molar-refractivity contribution in [3.05, 3.63) is 41.4 Å². The van der Waals surface area contributed by atoms with Crippen LogP contribution in [0.15, 0.2) is 22.8 Å². The summed E-state index contributed by atoms with van der Waals surface area (Å²) in [4.78, 5) is 5.25. The van der Waals surface area contributed by atoms with Gasteiger partial charge in [0.1, 0.15) is 5.76 Å². The van der Waals surface area contributed by atoms with Crippen molar-refractivity contribution in [3.63, 3.8) is 0 Å². The van der Waals surface area contributed by atoms with Gasteiger partial charge < -0.3 is 15.1 Å². The minimum atomic E-state index is -0.857. The molecule has 4 nitrogen and oxygen atoms in total. The first-order valence-electron chi connectivity index (χ1n) is 5.34. The molecule has 2 aromatic heterocycles. The largest absolute Gasteiger partial charge is 0.469 e. The van der Waals surface area contributed by atoms with E-state index in [0.717, 1.165) is 17.4 Å². The van der Waals surface area contributed by atoms with Crippen LogP contribution >= 0.6 is 0 Å². The summed E-state index contributed by atoms with van der Waals surface area (Å²) in [5.41, 5.74) is 6.24. The number of halogens is 2. The molecule has 18 heavy (non-hydrogen) atoms. The summed E-state index contributed by atoms with van der Waals surface area (Å²) in [6.45, 7) is 2.21. The summed E-state index contributed by atoms with van der Waals surface area (Å²) in [6, 6.07) is 2.52. The molecule has 6 heteroatoms. The zero-order valence-electron chi connectivity index (χ0n) is 10.1. The van der Waals surface area contributed by atoms with Gasteiger partial charge in [0.15, 0.2) is 23.3 Å². The molecule has 2 heterocycles. The maximum Gasteiger partial charge on any atom is 0.168 e. The standard InChI is InChI=1S/C12H13F2N3O/c1-7-8(3-4-18-7)6-17(2)12-10(14)5-9(13)11(15)16-12/h3-5H,6H2,1-2H3,(H2,15,16). The number of hydrogen-bond acceptors (Lipinski definition) is 4. The van der Waals surface area contributed by atoms with Crippen LogP contribution in [0.2, 0.25) is 0 Å². The predicted molar refractivity (Wildman–Crippen MR) is 64.1 cm³/mol. The molecule has 0 radical (unpaired) electrons. The van der Waals surface area contributed by atoms with Crippen LogP contribution in [0.1, 0.15) is 11.3 Å². The fraction of sp³-hybridized carbons (Fsp3) is 0.250. The minimum Gasteiger partial charge on any atom is -0.469 e. The lowest BCUT2D eigenvalue weighted by molar-refractivity contribution is 0.528. The van der Waals surface area contributed by atoms with Gasteiger partial charge in [-0.3, -0.25) is 0 Å². The van der Waals surface area contributed by atoms with Gasteiger partial charge in [0.25, 0.3) is 0 Å². The van der Waals surface area contributed by atoms with E-state index in [1.54, 1.807) is 24.3 Å². The molecule has 96 valence electrons. The molecule has 0 fully saturated rings. The zero-order valence-corrected chi connectivity index (χ0v) is 10.1. The number of aryl methyl sites for hydroxylation is 1. The molecule has 0 unspecified atom stereocenters. The Labute approximate surface area is 103 Å². The molecule has 0 aliphatic carbocycles. The van der Waals surface area contributed by atoms with Crippen LogP contribution in [0.4, 0.5) is 20.4 Å². The number of nitrogen functional groups attached to an aromatic ring is 1. The SMILES string of the molecule is Cc1occc1CN(C)c1nc(N)c(F)cc1F. The van der Waals surface area contributed by atoms with E-state index >= 15 is 0 Å². The Morgan fingerprint density at radius 1 is 1.39 bits per heavy atom. The van der Waals surface area contributed by atoms with Gasteiger partial charge in [0.2, 0.25) is 0 Å². The average Bonchev–Trinajstić information content (AvgIpc) is 2.69. The molecule has 0 bridgehead atoms. The molecule has 0 amide bonds. The van der Waals surface area contributed by atoms with Crippen molar-refractivity contribution in [1.82, 2.24) is 4.98 Å². The Morgan fingerprint density at radius 2 is 2.11 bits per heavy atom. The van der Waals surface area contributed by atoms with Crippen molar-refractivity contribution >= 4 is 11.6 Å². The molecule has 0 saturated carbocycles. The summed E-state index contributed by atoms with van der Waals surface area (Å²) >= 11 is 0. The Morgan fingerprint density at radius 3 is 2.72 bits per heavy atom. The Balaban J connectivity index is 2.26. The number of anilines is 2. The fourth-order valence-corrected chi connectivity index (χ4v) is 1.64. The molecule has 2 N–H and O–H groups in total. The minimum absolute atomic E-state index is 0.00880. The van der Waals surface area contributed by atoms with E-state index in [9.17, 15) is 8.78 Å². The lowest BCUT2D eigenvalue weighted by Crippen LogP contribution is -2.20. The summed E-state index contributed by atoms with van der Waals surface area (Å²) < 4.78 is 31.7. The van der Waals surface area contributed by atoms with Crippen molar-refractivity contribution < 1.29 is 13.2 Å². The molecule has 0 aliphatic heterocycles. The van der Waals surface area contributed by atoms with Crippen LogP contribution in [0.3, 0.4) is 0 Å². The Hall–Kier alpha value is -2.11. The van der Waals surface area contributed by atoms with Crippen LogP contribution < -0.4 is 10.6 Å². The number of furan rings is 1. The molecule has 2 rings (SSSR count). The molecular weight excluding hydrogens is 240 g/mol. The van der Waals surface area contributed by atoms with E-state index in [1.807, 2.05) is 6.92 Å². The van der Waals surface area contributed by atoms with E-state index in [0.29, 0.717) is 6.54 Å². The van der Waals surface area contributed by atoms with Gasteiger partial charge in [-0.05, 0) is 13.0 Å². The number of rotatable bonds is 3. The second-order valence-corrected chi connectivity index (χ2v) is 4.02. The normalized spacial score (nSPS) is 10.7. The lowest BCUT2D eigenvalue weighted by atomic mass is 10.2. The molecule has 0 atom stereocenters. The van der Waals surface area contributed by atoms with Gasteiger partial charge >= 0.3 is 0 Å². The number of hydrogen-bond donors (Lipinski definition) is 1. The first-order valence-corrected chi connectivity index (χ1v) is 5.34. The highest BCUT2D eigenvalue weighted by atomic mass is 19.1. The third-order valence-electron chi connectivity index (χ3n) is 2.67. The Bertz CT molecular complexity index is 568. The second-order valence-electron chi connectivity index (χ2n) is 4.02. The van der Waals surface area contributed by atoms with E-state index < -0.39 is 11.6 Å². The average molecular weight is 253 g/mol. The van der Waals surface area contributed by atoms with Crippen LogP contribution in [0.25, 0.3) is 0 Å². The van der Waals surface area contributed by atoms with Gasteiger partial charge in [0.05, 0.1) is 6.26 Å². The summed E-state index contributed by atoms with van der Waals surface area (Å²) in [7, 11) is 1.65. The Kier molecular flexibility index (Phi) is 3.18. The zero-order chi connectivity index (χ0) is 13.3. The van der Waals surface area contributed by atoms with Gasteiger partial charge in [-0.15, -0.1) is 0 Å². The second kappa shape index (κ2) is 4.64. The third kappa shape index (κ3) is 2.27. The van der Waals surface area contributed by atoms with Crippen LogP contribution in [-0.4, -0.2) is 12.0 Å². The topological polar surface area (TPSA) is 55.3 Å². The van der Waals surface area contributed by atoms with Crippen molar-refractivity contribution in [2.45, 2.75) is 13.5 Å². The molecule has 2 aromatic rings. The van der Waals surface area contributed by atoms with E-state index in [1.165, 1.54) is 0 Å². The van der Waals surface area contributed by atoms with Crippen LogP contribution in [0, 0.1) is 18.6 Å². The van der Waals surface area contributed by atoms with Crippen LogP contribution in [0.5, 0.6) is 0 Å². The quantitative estimate of drug-likeness (QED) is 0.913. The number of pyridine rings is 1. The monoisotopic (exact) mass is 253 g/mol. The van der Waals surface area contributed by atoms with Gasteiger partial charge in [-0.1, -0.05) is 0 Å². The number of nitrogens with zero attached hydrogens (tertiary/aromatic N) is 2. The maximum atomic E-state index is 13.6. The van der Waals surface area contributed by atoms with E-state index in [-0.39, 0.29) is 11.6 Å². The van der Waals surface area contributed by atoms with Gasteiger partial charge in [-0.2, -0.15) is 0 Å². The third-order valence-corrected chi connectivity index (χ3v) is 2.67. The van der Waals surface area contributed by atoms with Gasteiger partial charge in [-0.25, -0.2) is 13.8 Å². The number of nitrogens with two attached hydrogens (primary N) is 1. The number of aromatic nitrogens is 1. The molecule has 0 spiro atoms. The molecular formula is C12H13F2N3O. The van der Waals surface area contributed by atoms with E-state index in [4.69, 9.17) is 10.2 Å². The van der Waals surface area contributed by atoms with Crippen molar-refractivity contribution in [2.24, 2.45) is 0 Å². The van der Waals surface area contributed by atoms with Crippen molar-refractivity contribution in [1.29, 1.82) is 0 Å². The van der Waals surface area contributed by atoms with Crippen LogP contribution in [-0.2, 0) is 6.54 Å². The van der Waals surface area contributed by atoms with Gasteiger partial charge in [0, 0.05) is 25.2 Å². The molecule has 0 aliphatic rings.